The van der Waals surface area contributed by atoms with E-state index < -0.39 is 73.7 Å². The zero-order valence-corrected chi connectivity index (χ0v) is 30.3. The highest BCUT2D eigenvalue weighted by Gasteiger charge is 2.41. The molecular formula is C36H47F2N3O8Si. The maximum Gasteiger partial charge on any atom is 0.407 e. The number of hydrogen-bond acceptors (Lipinski definition) is 7. The van der Waals surface area contributed by atoms with Gasteiger partial charge in [-0.2, -0.15) is 0 Å². The van der Waals surface area contributed by atoms with Crippen LogP contribution in [0.25, 0.3) is 11.1 Å². The summed E-state index contributed by atoms with van der Waals surface area (Å²) in [7, 11) is -1.55. The quantitative estimate of drug-likeness (QED) is 0.116. The van der Waals surface area contributed by atoms with Crippen LogP contribution in [0.2, 0.25) is 25.7 Å². The summed E-state index contributed by atoms with van der Waals surface area (Å²) in [4.78, 5) is 52.3. The Hall–Kier alpha value is -4.40. The van der Waals surface area contributed by atoms with Crippen molar-refractivity contribution < 1.29 is 48.0 Å². The third kappa shape index (κ3) is 11.1. The van der Waals surface area contributed by atoms with Gasteiger partial charge in [0.15, 0.2) is 11.9 Å². The molecule has 50 heavy (non-hydrogen) atoms. The van der Waals surface area contributed by atoms with Gasteiger partial charge in [0, 0.05) is 44.2 Å². The van der Waals surface area contributed by atoms with Gasteiger partial charge in [-0.15, -0.1) is 0 Å². The van der Waals surface area contributed by atoms with Crippen molar-refractivity contribution in [3.8, 4) is 11.1 Å². The van der Waals surface area contributed by atoms with E-state index in [1.807, 2.05) is 30.3 Å². The number of rotatable bonds is 16. The largest absolute Gasteiger partial charge is 0.480 e. The number of hydrogen-bond donors (Lipinski definition) is 4. The van der Waals surface area contributed by atoms with Crippen LogP contribution in [-0.4, -0.2) is 88.5 Å². The van der Waals surface area contributed by atoms with E-state index in [0.29, 0.717) is 11.7 Å². The van der Waals surface area contributed by atoms with Crippen molar-refractivity contribution in [2.75, 3.05) is 19.8 Å². The second-order valence-corrected chi connectivity index (χ2v) is 20.1. The van der Waals surface area contributed by atoms with Crippen molar-refractivity contribution in [1.29, 1.82) is 0 Å². The molecule has 0 aliphatic heterocycles. The molecule has 2 amide bonds. The SMILES string of the molecule is CC(C)(C)[C@H](c1cc(-c2cc(F)ccc2F)cn1Cc1ccccc1)N(CC[C@H](NC(=O)OCC[Si](C)(C)C)C(=O)O)C(=O)C(O)C(=O)CO. The normalized spacial score (nSPS) is 13.6. The Morgan fingerprint density at radius 1 is 1.02 bits per heavy atom. The summed E-state index contributed by atoms with van der Waals surface area (Å²) in [5, 5.41) is 32.5. The maximum atomic E-state index is 15.1. The minimum Gasteiger partial charge on any atom is -0.480 e. The van der Waals surface area contributed by atoms with Crippen LogP contribution >= 0.6 is 0 Å². The zero-order valence-electron chi connectivity index (χ0n) is 29.3. The Morgan fingerprint density at radius 3 is 2.26 bits per heavy atom. The summed E-state index contributed by atoms with van der Waals surface area (Å²) in [6.07, 6.45) is -1.99. The van der Waals surface area contributed by atoms with Gasteiger partial charge in [0.25, 0.3) is 5.91 Å². The van der Waals surface area contributed by atoms with E-state index in [4.69, 9.17) is 4.74 Å². The summed E-state index contributed by atoms with van der Waals surface area (Å²) in [5.74, 6) is -5.05. The van der Waals surface area contributed by atoms with E-state index in [2.05, 4.69) is 25.0 Å². The Bertz CT molecular complexity index is 1650. The van der Waals surface area contributed by atoms with Gasteiger partial charge in [-0.25, -0.2) is 18.4 Å². The van der Waals surface area contributed by atoms with E-state index in [9.17, 15) is 38.9 Å². The van der Waals surface area contributed by atoms with Crippen LogP contribution in [0, 0.1) is 17.0 Å². The number of carboxylic acids is 1. The highest BCUT2D eigenvalue weighted by Crippen LogP contribution is 2.41. The number of aliphatic hydroxyl groups is 2. The summed E-state index contributed by atoms with van der Waals surface area (Å²) < 4.78 is 36.4. The molecule has 0 aliphatic rings. The van der Waals surface area contributed by atoms with Crippen LogP contribution in [0.3, 0.4) is 0 Å². The Balaban J connectivity index is 2.13. The third-order valence-electron chi connectivity index (χ3n) is 8.09. The first-order chi connectivity index (χ1) is 23.3. The molecule has 0 aliphatic carbocycles. The van der Waals surface area contributed by atoms with Gasteiger partial charge < -0.3 is 34.8 Å². The first-order valence-corrected chi connectivity index (χ1v) is 20.0. The molecule has 3 rings (SSSR count). The number of carboxylic acid groups (broad SMARTS) is 1. The molecule has 3 atom stereocenters. The summed E-state index contributed by atoms with van der Waals surface area (Å²) in [5.41, 5.74) is 0.598. The Morgan fingerprint density at radius 2 is 1.68 bits per heavy atom. The van der Waals surface area contributed by atoms with Gasteiger partial charge >= 0.3 is 12.1 Å². The monoisotopic (exact) mass is 715 g/mol. The lowest BCUT2D eigenvalue weighted by Gasteiger charge is -2.42. The molecule has 1 unspecified atom stereocenters. The fourth-order valence-corrected chi connectivity index (χ4v) is 6.23. The minimum absolute atomic E-state index is 0.0399. The number of aromatic nitrogens is 1. The van der Waals surface area contributed by atoms with Crippen molar-refractivity contribution in [1.82, 2.24) is 14.8 Å². The van der Waals surface area contributed by atoms with Crippen molar-refractivity contribution in [2.45, 2.75) is 77.6 Å². The molecule has 272 valence electrons. The van der Waals surface area contributed by atoms with Crippen LogP contribution in [-0.2, 0) is 25.7 Å². The Kier molecular flexibility index (Phi) is 13.6. The number of nitrogens with zero attached hydrogens (tertiary/aromatic N) is 2. The number of carbonyl (C=O) groups is 4. The van der Waals surface area contributed by atoms with Gasteiger partial charge in [0.1, 0.15) is 24.3 Å². The third-order valence-corrected chi connectivity index (χ3v) is 9.79. The molecule has 1 aromatic heterocycles. The van der Waals surface area contributed by atoms with Crippen LogP contribution in [0.15, 0.2) is 60.8 Å². The number of halogens is 2. The average Bonchev–Trinajstić information content (AvgIpc) is 3.43. The number of ether oxygens (including phenoxy) is 1. The predicted molar refractivity (Wildman–Crippen MR) is 186 cm³/mol. The molecule has 0 saturated heterocycles. The fourth-order valence-electron chi connectivity index (χ4n) is 5.52. The van der Waals surface area contributed by atoms with E-state index in [1.54, 1.807) is 37.6 Å². The lowest BCUT2D eigenvalue weighted by atomic mass is 9.82. The summed E-state index contributed by atoms with van der Waals surface area (Å²) in [6.45, 7) is 10.4. The lowest BCUT2D eigenvalue weighted by Crippen LogP contribution is -2.51. The molecule has 0 saturated carbocycles. The second-order valence-electron chi connectivity index (χ2n) is 14.5. The molecule has 1 heterocycles. The van der Waals surface area contributed by atoms with Gasteiger partial charge in [0.05, 0.1) is 12.6 Å². The topological polar surface area (TPSA) is 158 Å². The second kappa shape index (κ2) is 17.0. The number of alkyl carbamates (subject to hydrolysis) is 1. The first kappa shape index (κ1) is 40.0. The molecule has 0 spiro atoms. The van der Waals surface area contributed by atoms with E-state index >= 15 is 4.39 Å². The van der Waals surface area contributed by atoms with Crippen molar-refractivity contribution >= 4 is 31.8 Å². The number of carbonyl (C=O) groups excluding carboxylic acids is 3. The molecule has 3 aromatic rings. The highest BCUT2D eigenvalue weighted by atomic mass is 28.3. The standard InChI is InChI=1S/C36H47F2N3O8Si/c1-36(2,3)32(29-18-24(26-19-25(37)12-13-27(26)38)21-40(29)20-23-10-8-7-9-11-23)41(33(45)31(44)30(43)22-42)15-14-28(34(46)47)39-35(48)49-16-17-50(4,5)6/h7-13,18-19,21,28,31-32,42,44H,14-17,20,22H2,1-6H3,(H,39,48)(H,46,47)/t28-,31?,32-/m0/s1. The number of aliphatic hydroxyl groups excluding tert-OH is 2. The first-order valence-electron chi connectivity index (χ1n) is 16.3. The van der Waals surface area contributed by atoms with Crippen LogP contribution in [0.1, 0.15) is 44.5 Å². The molecular weight excluding hydrogens is 668 g/mol. The van der Waals surface area contributed by atoms with Gasteiger partial charge in [-0.1, -0.05) is 70.7 Å². The molecule has 2 aromatic carbocycles. The molecule has 0 fully saturated rings. The Labute approximate surface area is 291 Å². The number of nitrogens with one attached hydrogen (secondary N) is 1. The van der Waals surface area contributed by atoms with Gasteiger partial charge in [0.2, 0.25) is 0 Å². The molecule has 11 nitrogen and oxygen atoms in total. The number of amides is 2. The highest BCUT2D eigenvalue weighted by molar-refractivity contribution is 6.76. The zero-order chi connectivity index (χ0) is 37.4. The maximum absolute atomic E-state index is 15.1. The molecule has 0 bridgehead atoms. The van der Waals surface area contributed by atoms with Crippen molar-refractivity contribution in [2.24, 2.45) is 5.41 Å². The van der Waals surface area contributed by atoms with Crippen LogP contribution in [0.5, 0.6) is 0 Å². The summed E-state index contributed by atoms with van der Waals surface area (Å²) >= 11 is 0. The van der Waals surface area contributed by atoms with Crippen molar-refractivity contribution in [3.63, 3.8) is 0 Å². The number of benzene rings is 2. The van der Waals surface area contributed by atoms with E-state index in [-0.39, 0.29) is 37.2 Å². The molecule has 4 N–H and O–H groups in total. The molecule has 0 radical (unpaired) electrons. The van der Waals surface area contributed by atoms with E-state index in [0.717, 1.165) is 28.7 Å². The van der Waals surface area contributed by atoms with Crippen LogP contribution in [0.4, 0.5) is 13.6 Å². The number of ketones is 1. The predicted octanol–water partition coefficient (Wildman–Crippen LogP) is 5.23. The van der Waals surface area contributed by atoms with Gasteiger partial charge in [-0.05, 0) is 47.7 Å². The number of aliphatic carboxylic acids is 1. The van der Waals surface area contributed by atoms with E-state index in [1.165, 1.54) is 0 Å². The average molecular weight is 716 g/mol. The van der Waals surface area contributed by atoms with Crippen molar-refractivity contribution in [3.05, 3.63) is 83.7 Å². The molecule has 14 heteroatoms. The summed E-state index contributed by atoms with van der Waals surface area (Å²) in [6, 6.07) is 12.0. The smallest absolute Gasteiger partial charge is 0.407 e. The minimum atomic E-state index is -2.29. The lowest BCUT2D eigenvalue weighted by molar-refractivity contribution is -0.153. The van der Waals surface area contributed by atoms with Gasteiger partial charge in [-0.3, -0.25) is 9.59 Å². The van der Waals surface area contributed by atoms with Crippen LogP contribution < -0.4 is 5.32 Å². The number of Topliss-reactive ketones (excluding diaryl/α,β-unsaturated/α-hetero) is 1. The fraction of sp³-hybridized carbons (Fsp3) is 0.444.